The third-order valence-electron chi connectivity index (χ3n) is 2.11. The van der Waals surface area contributed by atoms with E-state index >= 15 is 0 Å². The van der Waals surface area contributed by atoms with Gasteiger partial charge in [-0.05, 0) is 18.2 Å². The van der Waals surface area contributed by atoms with Gasteiger partial charge in [-0.3, -0.25) is 4.79 Å². The number of carbonyl (C=O) groups excluding carboxylic acids is 1. The highest BCUT2D eigenvalue weighted by molar-refractivity contribution is 7.99. The molecule has 0 amide bonds. The second-order valence-electron chi connectivity index (χ2n) is 4.58. The van der Waals surface area contributed by atoms with Gasteiger partial charge in [-0.15, -0.1) is 0 Å². The summed E-state index contributed by atoms with van der Waals surface area (Å²) in [6, 6.07) is 5.41. The van der Waals surface area contributed by atoms with Crippen LogP contribution in [0.4, 0.5) is 5.69 Å². The van der Waals surface area contributed by atoms with Gasteiger partial charge in [0.2, 0.25) is 0 Å². The minimum absolute atomic E-state index is 0.0631. The van der Waals surface area contributed by atoms with E-state index in [4.69, 9.17) is 11.6 Å². The Balaban J connectivity index is 3.04. The summed E-state index contributed by atoms with van der Waals surface area (Å²) in [5, 5.41) is 0.499. The van der Waals surface area contributed by atoms with Gasteiger partial charge in [0.25, 0.3) is 0 Å². The Labute approximate surface area is 106 Å². The molecule has 0 aliphatic heterocycles. The quantitative estimate of drug-likeness (QED) is 0.648. The molecule has 0 radical (unpaired) electrons. The summed E-state index contributed by atoms with van der Waals surface area (Å²) in [6.45, 7) is 5.67. The molecule has 16 heavy (non-hydrogen) atoms. The van der Waals surface area contributed by atoms with Crippen molar-refractivity contribution in [1.29, 1.82) is 0 Å². The zero-order valence-electron chi connectivity index (χ0n) is 9.93. The molecule has 0 atom stereocenters. The largest absolute Gasteiger partial charge is 0.330 e. The van der Waals surface area contributed by atoms with Crippen molar-refractivity contribution < 1.29 is 4.79 Å². The fraction of sp³-hybridized carbons (Fsp3) is 0.417. The summed E-state index contributed by atoms with van der Waals surface area (Å²) in [5.41, 5.74) is 1.08. The van der Waals surface area contributed by atoms with Gasteiger partial charge in [0.1, 0.15) is 0 Å². The lowest BCUT2D eigenvalue weighted by Crippen LogP contribution is -2.20. The highest BCUT2D eigenvalue weighted by atomic mass is 35.5. The Hall–Kier alpha value is -0.670. The summed E-state index contributed by atoms with van der Waals surface area (Å²) in [5.74, 6) is 0.0631. The molecule has 1 aromatic carbocycles. The van der Waals surface area contributed by atoms with E-state index in [0.717, 1.165) is 5.69 Å². The molecule has 0 unspecified atom stereocenters. The van der Waals surface area contributed by atoms with Crippen molar-refractivity contribution in [2.45, 2.75) is 20.8 Å². The smallest absolute Gasteiger partial charge is 0.169 e. The number of Topliss-reactive ketones (excluding diaryl/α,β-unsaturated/α-hetero) is 1. The van der Waals surface area contributed by atoms with E-state index in [9.17, 15) is 4.79 Å². The third kappa shape index (κ3) is 3.16. The van der Waals surface area contributed by atoms with Crippen LogP contribution in [0.1, 0.15) is 31.1 Å². The molecule has 0 heterocycles. The first-order valence-electron chi connectivity index (χ1n) is 4.99. The fourth-order valence-corrected chi connectivity index (χ4v) is 1.91. The SMILES string of the molecule is CSNc1ccc(C(=O)C(C)(C)C)c(Cl)c1. The molecule has 0 aliphatic carbocycles. The zero-order chi connectivity index (χ0) is 12.3. The first-order chi connectivity index (χ1) is 7.36. The van der Waals surface area contributed by atoms with Crippen molar-refractivity contribution in [2.75, 3.05) is 11.0 Å². The van der Waals surface area contributed by atoms with Crippen LogP contribution in [0.2, 0.25) is 5.02 Å². The molecule has 0 saturated carbocycles. The van der Waals surface area contributed by atoms with Crippen LogP contribution in [0, 0.1) is 5.41 Å². The van der Waals surface area contributed by atoms with Crippen LogP contribution < -0.4 is 4.72 Å². The van der Waals surface area contributed by atoms with Crippen LogP contribution in [0.25, 0.3) is 0 Å². The Morgan fingerprint density at radius 1 is 1.38 bits per heavy atom. The van der Waals surface area contributed by atoms with Crippen LogP contribution in [0.5, 0.6) is 0 Å². The summed E-state index contributed by atoms with van der Waals surface area (Å²) in [7, 11) is 0. The Morgan fingerprint density at radius 2 is 2.00 bits per heavy atom. The molecule has 0 aromatic heterocycles. The van der Waals surface area contributed by atoms with E-state index in [1.807, 2.05) is 33.1 Å². The lowest BCUT2D eigenvalue weighted by Gasteiger charge is -2.17. The molecular weight excluding hydrogens is 242 g/mol. The molecular formula is C12H16ClNOS. The number of ketones is 1. The predicted molar refractivity (Wildman–Crippen MR) is 72.4 cm³/mol. The second-order valence-corrected chi connectivity index (χ2v) is 5.60. The Morgan fingerprint density at radius 3 is 2.44 bits per heavy atom. The molecule has 0 fully saturated rings. The number of nitrogens with one attached hydrogen (secondary N) is 1. The van der Waals surface area contributed by atoms with E-state index in [1.165, 1.54) is 11.9 Å². The van der Waals surface area contributed by atoms with Crippen LogP contribution in [-0.4, -0.2) is 12.0 Å². The van der Waals surface area contributed by atoms with Crippen LogP contribution in [0.15, 0.2) is 18.2 Å². The Kier molecular flexibility index (Phi) is 4.28. The average Bonchev–Trinajstić information content (AvgIpc) is 2.16. The predicted octanol–water partition coefficient (Wildman–Crippen LogP) is 4.26. The molecule has 0 bridgehead atoms. The normalized spacial score (nSPS) is 11.3. The number of hydrogen-bond donors (Lipinski definition) is 1. The average molecular weight is 258 g/mol. The molecule has 1 aromatic rings. The zero-order valence-corrected chi connectivity index (χ0v) is 11.5. The van der Waals surface area contributed by atoms with E-state index < -0.39 is 5.41 Å². The van der Waals surface area contributed by atoms with E-state index in [1.54, 1.807) is 12.1 Å². The molecule has 4 heteroatoms. The number of rotatable bonds is 3. The van der Waals surface area contributed by atoms with Gasteiger partial charge in [-0.2, -0.15) is 0 Å². The maximum atomic E-state index is 12.0. The van der Waals surface area contributed by atoms with Gasteiger partial charge in [0.05, 0.1) is 5.02 Å². The lowest BCUT2D eigenvalue weighted by atomic mass is 9.86. The second kappa shape index (κ2) is 5.11. The van der Waals surface area contributed by atoms with Gasteiger partial charge in [-0.25, -0.2) is 0 Å². The number of halogens is 1. The minimum Gasteiger partial charge on any atom is -0.330 e. The summed E-state index contributed by atoms with van der Waals surface area (Å²) in [4.78, 5) is 12.0. The molecule has 88 valence electrons. The minimum atomic E-state index is -0.405. The lowest BCUT2D eigenvalue weighted by molar-refractivity contribution is 0.0858. The standard InChI is InChI=1S/C12H16ClNOS/c1-12(2,3)11(15)9-6-5-8(14-16-4)7-10(9)13/h5-7,14H,1-4H3. The number of benzene rings is 1. The van der Waals surface area contributed by atoms with Crippen LogP contribution in [0.3, 0.4) is 0 Å². The fourth-order valence-electron chi connectivity index (χ4n) is 1.28. The third-order valence-corrected chi connectivity index (χ3v) is 2.87. The van der Waals surface area contributed by atoms with E-state index in [-0.39, 0.29) is 5.78 Å². The maximum absolute atomic E-state index is 12.0. The number of carbonyl (C=O) groups is 1. The molecule has 0 saturated heterocycles. The van der Waals surface area contributed by atoms with Gasteiger partial charge in [-0.1, -0.05) is 44.3 Å². The first-order valence-corrected chi connectivity index (χ1v) is 6.60. The van der Waals surface area contributed by atoms with Crippen LogP contribution >= 0.6 is 23.5 Å². The molecule has 1 N–H and O–H groups in total. The van der Waals surface area contributed by atoms with Crippen LogP contribution in [-0.2, 0) is 0 Å². The van der Waals surface area contributed by atoms with Crippen molar-refractivity contribution in [3.8, 4) is 0 Å². The van der Waals surface area contributed by atoms with E-state index in [0.29, 0.717) is 10.6 Å². The summed E-state index contributed by atoms with van der Waals surface area (Å²) in [6.07, 6.45) is 1.93. The van der Waals surface area contributed by atoms with Crippen molar-refractivity contribution in [3.05, 3.63) is 28.8 Å². The highest BCUT2D eigenvalue weighted by Gasteiger charge is 2.24. The molecule has 0 spiro atoms. The van der Waals surface area contributed by atoms with Gasteiger partial charge < -0.3 is 4.72 Å². The first kappa shape index (κ1) is 13.4. The maximum Gasteiger partial charge on any atom is 0.169 e. The molecule has 1 rings (SSSR count). The van der Waals surface area contributed by atoms with Crippen molar-refractivity contribution in [2.24, 2.45) is 5.41 Å². The molecule has 0 aliphatic rings. The van der Waals surface area contributed by atoms with Gasteiger partial charge >= 0.3 is 0 Å². The highest BCUT2D eigenvalue weighted by Crippen LogP contribution is 2.28. The topological polar surface area (TPSA) is 29.1 Å². The van der Waals surface area contributed by atoms with Crippen molar-refractivity contribution >= 4 is 35.0 Å². The van der Waals surface area contributed by atoms with E-state index in [2.05, 4.69) is 4.72 Å². The number of hydrogen-bond acceptors (Lipinski definition) is 3. The van der Waals surface area contributed by atoms with Crippen molar-refractivity contribution in [3.63, 3.8) is 0 Å². The van der Waals surface area contributed by atoms with Gasteiger partial charge in [0.15, 0.2) is 5.78 Å². The van der Waals surface area contributed by atoms with Crippen molar-refractivity contribution in [1.82, 2.24) is 0 Å². The monoisotopic (exact) mass is 257 g/mol. The number of anilines is 1. The Bertz CT molecular complexity index is 398. The molecule has 2 nitrogen and oxygen atoms in total. The van der Waals surface area contributed by atoms with Gasteiger partial charge in [0, 0.05) is 22.9 Å². The summed E-state index contributed by atoms with van der Waals surface area (Å²) >= 11 is 7.59. The summed E-state index contributed by atoms with van der Waals surface area (Å²) < 4.78 is 3.07.